The van der Waals surface area contributed by atoms with Crippen molar-refractivity contribution in [2.75, 3.05) is 12.5 Å². The third-order valence-corrected chi connectivity index (χ3v) is 3.71. The Kier molecular flexibility index (Phi) is 5.01. The van der Waals surface area contributed by atoms with E-state index in [1.54, 1.807) is 24.3 Å². The van der Waals surface area contributed by atoms with Crippen LogP contribution in [0, 0.1) is 5.82 Å². The van der Waals surface area contributed by atoms with Gasteiger partial charge in [-0.25, -0.2) is 10.2 Å². The maximum atomic E-state index is 13.1. The number of ether oxygens (including phenoxy) is 2. The Labute approximate surface area is 147 Å². The zero-order valence-corrected chi connectivity index (χ0v) is 13.9. The van der Waals surface area contributed by atoms with Gasteiger partial charge in [0.15, 0.2) is 11.5 Å². The number of nitrogen functional groups attached to an aromatic ring is 1. The first kappa shape index (κ1) is 17.0. The minimum absolute atomic E-state index is 0.0892. The Hall–Kier alpha value is -2.84. The monoisotopic (exact) mass is 364 g/mol. The summed E-state index contributed by atoms with van der Waals surface area (Å²) >= 11 is 6.01. The summed E-state index contributed by atoms with van der Waals surface area (Å²) in [5, 5.41) is 7.88. The second-order valence-corrected chi connectivity index (χ2v) is 5.35. The van der Waals surface area contributed by atoms with Gasteiger partial charge in [-0.15, -0.1) is 5.10 Å². The van der Waals surface area contributed by atoms with Crippen LogP contribution in [-0.4, -0.2) is 17.3 Å². The second kappa shape index (κ2) is 7.37. The number of methoxy groups -OCH3 is 1. The van der Waals surface area contributed by atoms with Crippen LogP contribution >= 0.6 is 11.6 Å². The van der Waals surface area contributed by atoms with Gasteiger partial charge in [-0.05, 0) is 30.3 Å². The first-order valence-corrected chi connectivity index (χ1v) is 7.53. The third kappa shape index (κ3) is 3.81. The molecule has 0 radical (unpaired) electrons. The van der Waals surface area contributed by atoms with E-state index < -0.39 is 5.82 Å². The lowest BCUT2D eigenvalue weighted by atomic mass is 10.2. The SMILES string of the molecule is COc1ccc(-c2nnc(NN)o2)cc1OCc1ccc(F)cc1Cl. The standard InChI is InChI=1S/C16H14ClFN4O3/c1-23-13-5-3-9(15-21-22-16(20-19)25-15)6-14(13)24-8-10-2-4-11(18)7-12(10)17/h2-7H,8,19H2,1H3,(H,20,22). The summed E-state index contributed by atoms with van der Waals surface area (Å²) in [6.07, 6.45) is 0. The minimum Gasteiger partial charge on any atom is -0.493 e. The van der Waals surface area contributed by atoms with Gasteiger partial charge in [0.1, 0.15) is 12.4 Å². The highest BCUT2D eigenvalue weighted by Crippen LogP contribution is 2.33. The van der Waals surface area contributed by atoms with Crippen molar-refractivity contribution in [1.29, 1.82) is 0 Å². The van der Waals surface area contributed by atoms with E-state index in [4.69, 9.17) is 31.3 Å². The minimum atomic E-state index is -0.408. The van der Waals surface area contributed by atoms with E-state index in [0.717, 1.165) is 0 Å². The molecule has 1 heterocycles. The number of aromatic nitrogens is 2. The van der Waals surface area contributed by atoms with E-state index in [0.29, 0.717) is 22.6 Å². The zero-order valence-electron chi connectivity index (χ0n) is 13.1. The van der Waals surface area contributed by atoms with Crippen molar-refractivity contribution >= 4 is 17.6 Å². The molecule has 9 heteroatoms. The van der Waals surface area contributed by atoms with E-state index in [1.165, 1.54) is 19.2 Å². The molecule has 0 aliphatic carbocycles. The number of halogens is 2. The number of anilines is 1. The van der Waals surface area contributed by atoms with Gasteiger partial charge in [-0.1, -0.05) is 22.8 Å². The van der Waals surface area contributed by atoms with E-state index in [-0.39, 0.29) is 23.5 Å². The zero-order chi connectivity index (χ0) is 17.8. The molecule has 0 fully saturated rings. The number of nitrogens with one attached hydrogen (secondary N) is 1. The largest absolute Gasteiger partial charge is 0.493 e. The van der Waals surface area contributed by atoms with Crippen LogP contribution in [0.2, 0.25) is 5.02 Å². The molecule has 25 heavy (non-hydrogen) atoms. The van der Waals surface area contributed by atoms with Crippen molar-refractivity contribution in [2.45, 2.75) is 6.61 Å². The maximum Gasteiger partial charge on any atom is 0.330 e. The molecule has 0 bridgehead atoms. The summed E-state index contributed by atoms with van der Waals surface area (Å²) < 4.78 is 29.5. The highest BCUT2D eigenvalue weighted by Gasteiger charge is 2.13. The molecule has 130 valence electrons. The van der Waals surface area contributed by atoms with Crippen molar-refractivity contribution in [3.63, 3.8) is 0 Å². The molecule has 0 saturated heterocycles. The lowest BCUT2D eigenvalue weighted by molar-refractivity contribution is 0.284. The summed E-state index contributed by atoms with van der Waals surface area (Å²) in [5.41, 5.74) is 3.53. The van der Waals surface area contributed by atoms with Gasteiger partial charge in [-0.2, -0.15) is 0 Å². The average Bonchev–Trinajstić information content (AvgIpc) is 3.10. The average molecular weight is 365 g/mol. The number of benzene rings is 2. The molecule has 7 nitrogen and oxygen atoms in total. The lowest BCUT2D eigenvalue weighted by Crippen LogP contribution is -2.06. The van der Waals surface area contributed by atoms with Gasteiger partial charge < -0.3 is 13.9 Å². The fourth-order valence-corrected chi connectivity index (χ4v) is 2.34. The Morgan fingerprint density at radius 3 is 2.72 bits per heavy atom. The predicted octanol–water partition coefficient (Wildman–Crippen LogP) is 3.40. The van der Waals surface area contributed by atoms with Gasteiger partial charge in [-0.3, -0.25) is 5.43 Å². The highest BCUT2D eigenvalue weighted by molar-refractivity contribution is 6.31. The quantitative estimate of drug-likeness (QED) is 0.511. The number of rotatable bonds is 6. The van der Waals surface area contributed by atoms with Gasteiger partial charge in [0.25, 0.3) is 0 Å². The molecule has 0 amide bonds. The molecular weight excluding hydrogens is 351 g/mol. The van der Waals surface area contributed by atoms with Gasteiger partial charge in [0, 0.05) is 11.1 Å². The van der Waals surface area contributed by atoms with Crippen molar-refractivity contribution < 1.29 is 18.3 Å². The molecule has 3 aromatic rings. The number of hydrogen-bond acceptors (Lipinski definition) is 7. The molecule has 3 rings (SSSR count). The fourth-order valence-electron chi connectivity index (χ4n) is 2.11. The Bertz CT molecular complexity index is 888. The van der Waals surface area contributed by atoms with E-state index in [1.807, 2.05) is 0 Å². The lowest BCUT2D eigenvalue weighted by Gasteiger charge is -2.12. The molecule has 0 atom stereocenters. The van der Waals surface area contributed by atoms with Crippen molar-refractivity contribution in [3.8, 4) is 23.0 Å². The Morgan fingerprint density at radius 1 is 1.20 bits per heavy atom. The van der Waals surface area contributed by atoms with Crippen LogP contribution in [0.1, 0.15) is 5.56 Å². The molecule has 0 aliphatic rings. The van der Waals surface area contributed by atoms with Crippen LogP contribution in [0.25, 0.3) is 11.5 Å². The second-order valence-electron chi connectivity index (χ2n) is 4.95. The van der Waals surface area contributed by atoms with Crippen LogP contribution in [0.4, 0.5) is 10.4 Å². The number of nitrogens with two attached hydrogens (primary N) is 1. The number of hydrazine groups is 1. The first-order chi connectivity index (χ1) is 12.1. The third-order valence-electron chi connectivity index (χ3n) is 3.36. The molecule has 0 spiro atoms. The van der Waals surface area contributed by atoms with Crippen molar-refractivity contribution in [2.24, 2.45) is 5.84 Å². The first-order valence-electron chi connectivity index (χ1n) is 7.16. The van der Waals surface area contributed by atoms with Crippen LogP contribution < -0.4 is 20.7 Å². The number of hydrogen-bond donors (Lipinski definition) is 2. The molecule has 2 aromatic carbocycles. The van der Waals surface area contributed by atoms with E-state index in [9.17, 15) is 4.39 Å². The van der Waals surface area contributed by atoms with Crippen LogP contribution in [0.5, 0.6) is 11.5 Å². The molecule has 1 aromatic heterocycles. The molecular formula is C16H14ClFN4O3. The highest BCUT2D eigenvalue weighted by atomic mass is 35.5. The van der Waals surface area contributed by atoms with Crippen LogP contribution in [0.3, 0.4) is 0 Å². The summed E-state index contributed by atoms with van der Waals surface area (Å²) in [6, 6.07) is 9.33. The summed E-state index contributed by atoms with van der Waals surface area (Å²) in [7, 11) is 1.52. The van der Waals surface area contributed by atoms with Crippen molar-refractivity contribution in [3.05, 3.63) is 52.8 Å². The molecule has 3 N–H and O–H groups in total. The van der Waals surface area contributed by atoms with Gasteiger partial charge in [0.2, 0.25) is 5.89 Å². The predicted molar refractivity (Wildman–Crippen MR) is 89.8 cm³/mol. The smallest absolute Gasteiger partial charge is 0.330 e. The summed E-state index contributed by atoms with van der Waals surface area (Å²) in [6.45, 7) is 0.137. The topological polar surface area (TPSA) is 95.4 Å². The summed E-state index contributed by atoms with van der Waals surface area (Å²) in [5.74, 6) is 6.04. The fraction of sp³-hybridized carbons (Fsp3) is 0.125. The van der Waals surface area contributed by atoms with Crippen LogP contribution in [-0.2, 0) is 6.61 Å². The van der Waals surface area contributed by atoms with E-state index in [2.05, 4.69) is 15.6 Å². The normalized spacial score (nSPS) is 10.6. The molecule has 0 unspecified atom stereocenters. The maximum absolute atomic E-state index is 13.1. The van der Waals surface area contributed by atoms with Gasteiger partial charge in [0.05, 0.1) is 12.1 Å². The number of nitrogens with zero attached hydrogens (tertiary/aromatic N) is 2. The van der Waals surface area contributed by atoms with Gasteiger partial charge >= 0.3 is 6.01 Å². The van der Waals surface area contributed by atoms with Crippen LogP contribution in [0.15, 0.2) is 40.8 Å². The Balaban J connectivity index is 1.85. The van der Waals surface area contributed by atoms with E-state index >= 15 is 0 Å². The summed E-state index contributed by atoms with van der Waals surface area (Å²) in [4.78, 5) is 0. The molecule has 0 saturated carbocycles. The Morgan fingerprint density at radius 2 is 2.04 bits per heavy atom. The molecule has 0 aliphatic heterocycles. The van der Waals surface area contributed by atoms with Crippen molar-refractivity contribution in [1.82, 2.24) is 10.2 Å².